The zero-order valence-corrected chi connectivity index (χ0v) is 18.2. The minimum absolute atomic E-state index is 0.426. The molecule has 5 heteroatoms. The molecule has 0 atom stereocenters. The zero-order chi connectivity index (χ0) is 20.3. The van der Waals surface area contributed by atoms with E-state index in [1.807, 2.05) is 48.5 Å². The predicted molar refractivity (Wildman–Crippen MR) is 118 cm³/mol. The number of likely N-dealkylation sites (tertiary alicyclic amines) is 1. The third-order valence-corrected chi connectivity index (χ3v) is 8.51. The maximum absolute atomic E-state index is 13.4. The van der Waals surface area contributed by atoms with Gasteiger partial charge in [0, 0.05) is 25.2 Å². The van der Waals surface area contributed by atoms with Gasteiger partial charge in [0.25, 0.3) is 0 Å². The molecule has 0 radical (unpaired) electrons. The Morgan fingerprint density at radius 1 is 0.828 bits per heavy atom. The summed E-state index contributed by atoms with van der Waals surface area (Å²) in [5, 5.41) is 0. The van der Waals surface area contributed by atoms with Gasteiger partial charge in [0.05, 0.1) is 4.90 Å². The molecule has 2 saturated heterocycles. The van der Waals surface area contributed by atoms with E-state index in [0.717, 1.165) is 36.4 Å². The van der Waals surface area contributed by atoms with E-state index in [-0.39, 0.29) is 0 Å². The van der Waals surface area contributed by atoms with Crippen LogP contribution < -0.4 is 0 Å². The average Bonchev–Trinajstić information content (AvgIpc) is 2.76. The predicted octanol–water partition coefficient (Wildman–Crippen LogP) is 4.49. The van der Waals surface area contributed by atoms with Crippen molar-refractivity contribution in [3.05, 3.63) is 54.6 Å². The van der Waals surface area contributed by atoms with Crippen LogP contribution >= 0.6 is 0 Å². The van der Waals surface area contributed by atoms with Crippen LogP contribution in [0.15, 0.2) is 59.5 Å². The molecule has 0 saturated carbocycles. The molecule has 2 aromatic rings. The van der Waals surface area contributed by atoms with E-state index < -0.39 is 10.0 Å². The molecule has 0 aromatic heterocycles. The lowest BCUT2D eigenvalue weighted by Crippen LogP contribution is -2.43. The van der Waals surface area contributed by atoms with E-state index in [1.54, 1.807) is 10.4 Å². The molecule has 2 aliphatic rings. The van der Waals surface area contributed by atoms with Gasteiger partial charge in [-0.25, -0.2) is 8.42 Å². The monoisotopic (exact) mass is 412 g/mol. The topological polar surface area (TPSA) is 40.6 Å². The summed E-state index contributed by atoms with van der Waals surface area (Å²) >= 11 is 0. The van der Waals surface area contributed by atoms with E-state index in [2.05, 4.69) is 11.8 Å². The first-order valence-electron chi connectivity index (χ1n) is 10.9. The van der Waals surface area contributed by atoms with Crippen LogP contribution in [0.3, 0.4) is 0 Å². The molecule has 4 rings (SSSR count). The van der Waals surface area contributed by atoms with Gasteiger partial charge in [0.1, 0.15) is 0 Å². The summed E-state index contributed by atoms with van der Waals surface area (Å²) in [4.78, 5) is 3.01. The minimum atomic E-state index is -3.48. The molecule has 29 heavy (non-hydrogen) atoms. The summed E-state index contributed by atoms with van der Waals surface area (Å²) in [7, 11) is -3.48. The van der Waals surface area contributed by atoms with Crippen molar-refractivity contribution < 1.29 is 8.42 Å². The number of sulfonamides is 1. The van der Waals surface area contributed by atoms with Crippen LogP contribution in [0, 0.1) is 11.8 Å². The van der Waals surface area contributed by atoms with Crippen LogP contribution in [0.4, 0.5) is 0 Å². The number of hydrogen-bond donors (Lipinski definition) is 0. The Bertz CT molecular complexity index is 897. The summed E-state index contributed by atoms with van der Waals surface area (Å²) in [6, 6.07) is 17.2. The van der Waals surface area contributed by atoms with Crippen molar-refractivity contribution in [1.82, 2.24) is 9.21 Å². The fourth-order valence-corrected chi connectivity index (χ4v) is 6.31. The first-order valence-corrected chi connectivity index (χ1v) is 12.3. The second-order valence-corrected chi connectivity index (χ2v) is 10.6. The van der Waals surface area contributed by atoms with Crippen LogP contribution in [0.25, 0.3) is 11.1 Å². The number of benzene rings is 2. The molecule has 2 fully saturated rings. The molecule has 2 heterocycles. The molecule has 0 amide bonds. The van der Waals surface area contributed by atoms with Crippen molar-refractivity contribution in [3.63, 3.8) is 0 Å². The van der Waals surface area contributed by atoms with E-state index in [0.29, 0.717) is 23.9 Å². The molecule has 0 unspecified atom stereocenters. The van der Waals surface area contributed by atoms with Crippen LogP contribution in [0.2, 0.25) is 0 Å². The number of rotatable bonds is 5. The molecular formula is C24H32N2O2S. The van der Waals surface area contributed by atoms with Gasteiger partial charge < -0.3 is 4.90 Å². The third kappa shape index (κ3) is 4.73. The maximum Gasteiger partial charge on any atom is 0.243 e. The normalized spacial score (nSPS) is 20.7. The highest BCUT2D eigenvalue weighted by molar-refractivity contribution is 7.89. The average molecular weight is 413 g/mol. The fraction of sp³-hybridized carbons (Fsp3) is 0.500. The Morgan fingerprint density at radius 3 is 2.14 bits per heavy atom. The lowest BCUT2D eigenvalue weighted by Gasteiger charge is -2.37. The standard InChI is InChI=1S/C24H32N2O2S/c1-20-11-15-25(16-12-20)19-21-13-17-26(18-14-21)29(27,28)24-10-6-5-9-23(24)22-7-3-2-4-8-22/h2-10,20-21H,11-19H2,1H3. The molecule has 0 bridgehead atoms. The lowest BCUT2D eigenvalue weighted by molar-refractivity contribution is 0.142. The Kier molecular flexibility index (Phi) is 6.38. The van der Waals surface area contributed by atoms with Crippen molar-refractivity contribution in [3.8, 4) is 11.1 Å². The summed E-state index contributed by atoms with van der Waals surface area (Å²) in [6.45, 7) is 7.12. The second-order valence-electron chi connectivity index (χ2n) is 8.69. The highest BCUT2D eigenvalue weighted by atomic mass is 32.2. The molecule has 2 aromatic carbocycles. The minimum Gasteiger partial charge on any atom is -0.303 e. The van der Waals surface area contributed by atoms with E-state index in [1.165, 1.54) is 25.9 Å². The third-order valence-electron chi connectivity index (χ3n) is 6.56. The quantitative estimate of drug-likeness (QED) is 0.727. The fourth-order valence-electron chi connectivity index (χ4n) is 4.63. The molecule has 2 aliphatic heterocycles. The van der Waals surface area contributed by atoms with Gasteiger partial charge in [-0.3, -0.25) is 0 Å². The van der Waals surface area contributed by atoms with Gasteiger partial charge in [0.2, 0.25) is 10.0 Å². The second kappa shape index (κ2) is 8.99. The Labute approximate surface area is 175 Å². The highest BCUT2D eigenvalue weighted by Crippen LogP contribution is 2.31. The molecule has 156 valence electrons. The zero-order valence-electron chi connectivity index (χ0n) is 17.3. The van der Waals surface area contributed by atoms with Gasteiger partial charge >= 0.3 is 0 Å². The van der Waals surface area contributed by atoms with Crippen LogP contribution in [0.1, 0.15) is 32.6 Å². The van der Waals surface area contributed by atoms with Crippen molar-refractivity contribution in [2.24, 2.45) is 11.8 Å². The Morgan fingerprint density at radius 2 is 1.45 bits per heavy atom. The van der Waals surface area contributed by atoms with Crippen molar-refractivity contribution in [2.45, 2.75) is 37.5 Å². The van der Waals surface area contributed by atoms with Gasteiger partial charge in [0.15, 0.2) is 0 Å². The van der Waals surface area contributed by atoms with E-state index >= 15 is 0 Å². The largest absolute Gasteiger partial charge is 0.303 e. The number of hydrogen-bond acceptors (Lipinski definition) is 3. The molecule has 0 aliphatic carbocycles. The number of piperidine rings is 2. The van der Waals surface area contributed by atoms with Crippen molar-refractivity contribution >= 4 is 10.0 Å². The maximum atomic E-state index is 13.4. The van der Waals surface area contributed by atoms with Crippen LogP contribution in [0.5, 0.6) is 0 Å². The molecule has 4 nitrogen and oxygen atoms in total. The van der Waals surface area contributed by atoms with Crippen LogP contribution in [-0.4, -0.2) is 50.3 Å². The first-order chi connectivity index (χ1) is 14.0. The smallest absolute Gasteiger partial charge is 0.243 e. The van der Waals surface area contributed by atoms with Crippen LogP contribution in [-0.2, 0) is 10.0 Å². The summed E-state index contributed by atoms with van der Waals surface area (Å²) in [5.74, 6) is 1.46. The molecule has 0 spiro atoms. The molecule has 0 N–H and O–H groups in total. The van der Waals surface area contributed by atoms with Gasteiger partial charge in [-0.05, 0) is 62.2 Å². The Balaban J connectivity index is 1.44. The van der Waals surface area contributed by atoms with Crippen molar-refractivity contribution in [2.75, 3.05) is 32.7 Å². The van der Waals surface area contributed by atoms with E-state index in [9.17, 15) is 8.42 Å². The van der Waals surface area contributed by atoms with E-state index in [4.69, 9.17) is 0 Å². The summed E-state index contributed by atoms with van der Waals surface area (Å²) in [6.07, 6.45) is 4.50. The van der Waals surface area contributed by atoms with Gasteiger partial charge in [-0.2, -0.15) is 4.31 Å². The van der Waals surface area contributed by atoms with Crippen molar-refractivity contribution in [1.29, 1.82) is 0 Å². The number of nitrogens with zero attached hydrogens (tertiary/aromatic N) is 2. The van der Waals surface area contributed by atoms with Gasteiger partial charge in [-0.15, -0.1) is 0 Å². The summed E-state index contributed by atoms with van der Waals surface area (Å²) < 4.78 is 28.6. The summed E-state index contributed by atoms with van der Waals surface area (Å²) in [5.41, 5.74) is 1.73. The lowest BCUT2D eigenvalue weighted by atomic mass is 9.94. The SMILES string of the molecule is CC1CCN(CC2CCN(S(=O)(=O)c3ccccc3-c3ccccc3)CC2)CC1. The highest BCUT2D eigenvalue weighted by Gasteiger charge is 2.32. The molecular weight excluding hydrogens is 380 g/mol. The Hall–Kier alpha value is -1.69. The van der Waals surface area contributed by atoms with Gasteiger partial charge in [-0.1, -0.05) is 55.5 Å². The first kappa shape index (κ1) is 20.6.